The smallest absolute Gasteiger partial charge is 0.222 e. The third-order valence-electron chi connectivity index (χ3n) is 3.34. The van der Waals surface area contributed by atoms with Crippen molar-refractivity contribution in [3.63, 3.8) is 0 Å². The molecular weight excluding hydrogens is 202 g/mol. The van der Waals surface area contributed by atoms with E-state index >= 15 is 0 Å². The van der Waals surface area contributed by atoms with E-state index in [2.05, 4.69) is 20.2 Å². The van der Waals surface area contributed by atoms with Crippen LogP contribution in [0.2, 0.25) is 0 Å². The van der Waals surface area contributed by atoms with Gasteiger partial charge < -0.3 is 16.0 Å². The molecule has 5 heteroatoms. The molecule has 3 rings (SSSR count). The molecule has 0 amide bonds. The van der Waals surface area contributed by atoms with Crippen LogP contribution in [0.5, 0.6) is 0 Å². The predicted molar refractivity (Wildman–Crippen MR) is 63.3 cm³/mol. The molecule has 0 atom stereocenters. The molecule has 1 saturated heterocycles. The fraction of sp³-hybridized carbons (Fsp3) is 0.636. The molecular formula is C11H17N5. The number of aromatic nitrogens is 2. The first-order chi connectivity index (χ1) is 7.84. The first-order valence-corrected chi connectivity index (χ1v) is 5.95. The molecule has 0 unspecified atom stereocenters. The van der Waals surface area contributed by atoms with Gasteiger partial charge >= 0.3 is 0 Å². The van der Waals surface area contributed by atoms with Crippen LogP contribution in [-0.4, -0.2) is 29.6 Å². The van der Waals surface area contributed by atoms with Crippen LogP contribution in [0, 0.1) is 0 Å². The van der Waals surface area contributed by atoms with Crippen LogP contribution in [-0.2, 0) is 13.0 Å². The van der Waals surface area contributed by atoms with E-state index in [0.29, 0.717) is 5.95 Å². The van der Waals surface area contributed by atoms with Crippen molar-refractivity contribution in [1.29, 1.82) is 0 Å². The maximum Gasteiger partial charge on any atom is 0.222 e. The highest BCUT2D eigenvalue weighted by Crippen LogP contribution is 2.27. The van der Waals surface area contributed by atoms with Crippen LogP contribution < -0.4 is 16.0 Å². The molecule has 86 valence electrons. The number of fused-ring (bicyclic) bond motifs is 1. The van der Waals surface area contributed by atoms with E-state index in [-0.39, 0.29) is 0 Å². The van der Waals surface area contributed by atoms with Crippen molar-refractivity contribution >= 4 is 11.8 Å². The molecule has 3 heterocycles. The highest BCUT2D eigenvalue weighted by Gasteiger charge is 2.22. The van der Waals surface area contributed by atoms with Crippen molar-refractivity contribution < 1.29 is 0 Å². The Labute approximate surface area is 95.1 Å². The van der Waals surface area contributed by atoms with Crippen molar-refractivity contribution in [2.45, 2.75) is 25.8 Å². The van der Waals surface area contributed by atoms with E-state index in [1.54, 1.807) is 0 Å². The van der Waals surface area contributed by atoms with E-state index in [9.17, 15) is 0 Å². The van der Waals surface area contributed by atoms with Crippen LogP contribution in [0.3, 0.4) is 0 Å². The molecule has 0 radical (unpaired) electrons. The van der Waals surface area contributed by atoms with Gasteiger partial charge in [-0.2, -0.15) is 4.98 Å². The number of nitrogen functional groups attached to an aromatic ring is 1. The molecule has 0 bridgehead atoms. The normalized spacial score (nSPS) is 19.9. The summed E-state index contributed by atoms with van der Waals surface area (Å²) < 4.78 is 0. The van der Waals surface area contributed by atoms with Gasteiger partial charge in [0.15, 0.2) is 0 Å². The number of hydrogen-bond acceptors (Lipinski definition) is 5. The van der Waals surface area contributed by atoms with Gasteiger partial charge in [0.05, 0.1) is 5.69 Å². The van der Waals surface area contributed by atoms with Gasteiger partial charge in [0.25, 0.3) is 0 Å². The van der Waals surface area contributed by atoms with Crippen molar-refractivity contribution in [2.75, 3.05) is 30.3 Å². The van der Waals surface area contributed by atoms with Gasteiger partial charge in [-0.3, -0.25) is 0 Å². The summed E-state index contributed by atoms with van der Waals surface area (Å²) in [6.45, 7) is 4.05. The van der Waals surface area contributed by atoms with Gasteiger partial charge in [0.1, 0.15) is 5.82 Å². The Kier molecular flexibility index (Phi) is 2.40. The van der Waals surface area contributed by atoms with Crippen LogP contribution in [0.15, 0.2) is 0 Å². The van der Waals surface area contributed by atoms with Crippen molar-refractivity contribution in [1.82, 2.24) is 15.3 Å². The number of nitrogens with zero attached hydrogens (tertiary/aromatic N) is 3. The molecule has 0 saturated carbocycles. The fourth-order valence-electron chi connectivity index (χ4n) is 2.55. The number of anilines is 2. The highest BCUT2D eigenvalue weighted by molar-refractivity contribution is 5.53. The van der Waals surface area contributed by atoms with Gasteiger partial charge in [0.2, 0.25) is 5.95 Å². The lowest BCUT2D eigenvalue weighted by molar-refractivity contribution is 0.622. The van der Waals surface area contributed by atoms with E-state index in [1.807, 2.05) is 0 Å². The zero-order chi connectivity index (χ0) is 11.0. The fourth-order valence-corrected chi connectivity index (χ4v) is 2.55. The Morgan fingerprint density at radius 2 is 2.00 bits per heavy atom. The number of rotatable bonds is 1. The molecule has 3 N–H and O–H groups in total. The van der Waals surface area contributed by atoms with E-state index in [1.165, 1.54) is 18.4 Å². The van der Waals surface area contributed by atoms with E-state index < -0.39 is 0 Å². The molecule has 1 aromatic heterocycles. The second-order valence-corrected chi connectivity index (χ2v) is 4.45. The van der Waals surface area contributed by atoms with Gasteiger partial charge in [-0.25, -0.2) is 4.98 Å². The average molecular weight is 219 g/mol. The summed E-state index contributed by atoms with van der Waals surface area (Å²) in [6.07, 6.45) is 3.54. The lowest BCUT2D eigenvalue weighted by Crippen LogP contribution is -2.30. The van der Waals surface area contributed by atoms with Crippen LogP contribution in [0.4, 0.5) is 11.8 Å². The van der Waals surface area contributed by atoms with Crippen LogP contribution >= 0.6 is 0 Å². The molecule has 0 spiro atoms. The molecule has 5 nitrogen and oxygen atoms in total. The maximum absolute atomic E-state index is 5.77. The molecule has 16 heavy (non-hydrogen) atoms. The quantitative estimate of drug-likeness (QED) is 0.711. The summed E-state index contributed by atoms with van der Waals surface area (Å²) in [7, 11) is 0. The number of hydrogen-bond donors (Lipinski definition) is 2. The zero-order valence-electron chi connectivity index (χ0n) is 9.37. The molecule has 1 fully saturated rings. The second-order valence-electron chi connectivity index (χ2n) is 4.45. The monoisotopic (exact) mass is 219 g/mol. The summed E-state index contributed by atoms with van der Waals surface area (Å²) in [5.41, 5.74) is 8.16. The predicted octanol–water partition coefficient (Wildman–Crippen LogP) is 0.305. The lowest BCUT2D eigenvalue weighted by atomic mass is 10.1. The van der Waals surface area contributed by atoms with Crippen molar-refractivity contribution in [2.24, 2.45) is 0 Å². The lowest BCUT2D eigenvalue weighted by Gasteiger charge is -2.24. The topological polar surface area (TPSA) is 67.1 Å². The largest absolute Gasteiger partial charge is 0.368 e. The SMILES string of the molecule is Nc1nc2c(c(N3CCCC3)n1)CCNC2. The first kappa shape index (κ1) is 9.84. The maximum atomic E-state index is 5.77. The summed E-state index contributed by atoms with van der Waals surface area (Å²) in [5.74, 6) is 1.49. The second kappa shape index (κ2) is 3.90. The minimum Gasteiger partial charge on any atom is -0.368 e. The summed E-state index contributed by atoms with van der Waals surface area (Å²) in [4.78, 5) is 11.1. The molecule has 2 aliphatic rings. The zero-order valence-corrected chi connectivity index (χ0v) is 9.37. The Morgan fingerprint density at radius 1 is 1.19 bits per heavy atom. The Bertz CT molecular complexity index is 398. The Morgan fingerprint density at radius 3 is 2.81 bits per heavy atom. The minimum atomic E-state index is 0.407. The van der Waals surface area contributed by atoms with Gasteiger partial charge in [-0.1, -0.05) is 0 Å². The average Bonchev–Trinajstić information content (AvgIpc) is 2.81. The Hall–Kier alpha value is -1.36. The van der Waals surface area contributed by atoms with Gasteiger partial charge in [-0.15, -0.1) is 0 Å². The number of nitrogens with two attached hydrogens (primary N) is 1. The summed E-state index contributed by atoms with van der Waals surface area (Å²) in [6, 6.07) is 0. The molecule has 2 aliphatic heterocycles. The third kappa shape index (κ3) is 1.61. The highest BCUT2D eigenvalue weighted by atomic mass is 15.2. The standard InChI is InChI=1S/C11H17N5/c12-11-14-9-7-13-4-3-8(9)10(15-11)16-5-1-2-6-16/h13H,1-7H2,(H2,12,14,15). The molecule has 1 aromatic rings. The Balaban J connectivity index is 2.04. The summed E-state index contributed by atoms with van der Waals surface area (Å²) in [5, 5.41) is 3.32. The van der Waals surface area contributed by atoms with Crippen molar-refractivity contribution in [3.05, 3.63) is 11.3 Å². The summed E-state index contributed by atoms with van der Waals surface area (Å²) >= 11 is 0. The van der Waals surface area contributed by atoms with E-state index in [4.69, 9.17) is 5.73 Å². The minimum absolute atomic E-state index is 0.407. The third-order valence-corrected chi connectivity index (χ3v) is 3.34. The molecule has 0 aliphatic carbocycles. The number of nitrogens with one attached hydrogen (secondary N) is 1. The van der Waals surface area contributed by atoms with E-state index in [0.717, 1.165) is 44.1 Å². The van der Waals surface area contributed by atoms with Gasteiger partial charge in [0, 0.05) is 25.2 Å². The first-order valence-electron chi connectivity index (χ1n) is 5.95. The molecule has 0 aromatic carbocycles. The van der Waals surface area contributed by atoms with Crippen molar-refractivity contribution in [3.8, 4) is 0 Å². The van der Waals surface area contributed by atoms with Crippen LogP contribution in [0.25, 0.3) is 0 Å². The van der Waals surface area contributed by atoms with Gasteiger partial charge in [-0.05, 0) is 25.8 Å². The van der Waals surface area contributed by atoms with Crippen LogP contribution in [0.1, 0.15) is 24.1 Å².